The van der Waals surface area contributed by atoms with Gasteiger partial charge < -0.3 is 5.32 Å². The largest absolute Gasteiger partial charge is 0.309 e. The summed E-state index contributed by atoms with van der Waals surface area (Å²) in [6, 6.07) is 6.32. The van der Waals surface area contributed by atoms with Crippen molar-refractivity contribution in [3.63, 3.8) is 0 Å². The Morgan fingerprint density at radius 2 is 1.62 bits per heavy atom. The van der Waals surface area contributed by atoms with Crippen molar-refractivity contribution in [1.82, 2.24) is 9.97 Å². The lowest BCUT2D eigenvalue weighted by atomic mass is 9.87. The first kappa shape index (κ1) is 20.0. The number of nitrogens with zero attached hydrogens (tertiary/aromatic N) is 2. The van der Waals surface area contributed by atoms with Crippen molar-refractivity contribution < 1.29 is 9.18 Å². The first-order chi connectivity index (χ1) is 14.2. The first-order valence-electron chi connectivity index (χ1n) is 11.1. The van der Waals surface area contributed by atoms with Crippen LogP contribution >= 0.6 is 0 Å². The van der Waals surface area contributed by atoms with Crippen LogP contribution in [0.5, 0.6) is 0 Å². The molecule has 4 nitrogen and oxygen atoms in total. The third-order valence-electron chi connectivity index (χ3n) is 6.40. The lowest BCUT2D eigenvalue weighted by Crippen LogP contribution is -2.20. The molecule has 0 bridgehead atoms. The molecule has 154 valence electrons. The zero-order valence-corrected chi connectivity index (χ0v) is 17.0. The smallest absolute Gasteiger partial charge is 0.225 e. The first-order valence-corrected chi connectivity index (χ1v) is 11.1. The van der Waals surface area contributed by atoms with Gasteiger partial charge in [-0.25, -0.2) is 14.4 Å². The number of rotatable bonds is 6. The van der Waals surface area contributed by atoms with Crippen LogP contribution < -0.4 is 5.32 Å². The van der Waals surface area contributed by atoms with Crippen LogP contribution in [0.3, 0.4) is 0 Å². The highest BCUT2D eigenvalue weighted by molar-refractivity contribution is 5.90. The third kappa shape index (κ3) is 5.40. The highest BCUT2D eigenvalue weighted by atomic mass is 19.1. The van der Waals surface area contributed by atoms with Crippen LogP contribution in [-0.2, 0) is 11.2 Å². The Balaban J connectivity index is 1.52. The van der Waals surface area contributed by atoms with Crippen molar-refractivity contribution in [3.8, 4) is 11.3 Å². The molecule has 0 atom stereocenters. The molecule has 0 radical (unpaired) electrons. The van der Waals surface area contributed by atoms with E-state index in [1.807, 2.05) is 0 Å². The molecule has 4 rings (SSSR count). The standard InChI is InChI=1S/C24H30FN3O/c25-20-12-10-19(11-13-20)22-16-26-24(21(27-22)14-17-8-4-5-9-17)28-23(29)15-18-6-2-1-3-7-18/h10-13,16-18H,1-9,14-15H2,(H,26,28,29). The molecule has 2 saturated carbocycles. The zero-order valence-electron chi connectivity index (χ0n) is 17.0. The fourth-order valence-corrected chi connectivity index (χ4v) is 4.76. The molecule has 0 unspecified atom stereocenters. The Morgan fingerprint density at radius 3 is 2.34 bits per heavy atom. The summed E-state index contributed by atoms with van der Waals surface area (Å²) in [4.78, 5) is 22.0. The zero-order chi connectivity index (χ0) is 20.1. The monoisotopic (exact) mass is 395 g/mol. The van der Waals surface area contributed by atoms with Crippen molar-refractivity contribution >= 4 is 11.7 Å². The number of nitrogens with one attached hydrogen (secondary N) is 1. The Hall–Kier alpha value is -2.30. The van der Waals surface area contributed by atoms with Crippen molar-refractivity contribution in [2.24, 2.45) is 11.8 Å². The lowest BCUT2D eigenvalue weighted by Gasteiger charge is -2.21. The Labute approximate surface area is 172 Å². The van der Waals surface area contributed by atoms with Gasteiger partial charge in [-0.1, -0.05) is 44.9 Å². The average Bonchev–Trinajstić information content (AvgIpc) is 3.24. The molecular formula is C24H30FN3O. The van der Waals surface area contributed by atoms with E-state index < -0.39 is 0 Å². The quantitative estimate of drug-likeness (QED) is 0.660. The second-order valence-corrected chi connectivity index (χ2v) is 8.67. The summed E-state index contributed by atoms with van der Waals surface area (Å²) in [6.45, 7) is 0. The molecule has 2 aromatic rings. The minimum absolute atomic E-state index is 0.0494. The van der Waals surface area contributed by atoms with E-state index in [2.05, 4.69) is 10.3 Å². The number of amides is 1. The molecule has 0 aliphatic heterocycles. The highest BCUT2D eigenvalue weighted by Gasteiger charge is 2.22. The molecule has 0 spiro atoms. The van der Waals surface area contributed by atoms with Gasteiger partial charge in [0, 0.05) is 12.0 Å². The Kier molecular flexibility index (Phi) is 6.53. The van der Waals surface area contributed by atoms with Crippen LogP contribution in [0.4, 0.5) is 10.2 Å². The molecule has 1 amide bonds. The molecule has 1 N–H and O–H groups in total. The summed E-state index contributed by atoms with van der Waals surface area (Å²) in [5.41, 5.74) is 2.42. The van der Waals surface area contributed by atoms with Crippen molar-refractivity contribution in [2.75, 3.05) is 5.32 Å². The number of benzene rings is 1. The molecule has 5 heteroatoms. The van der Waals surface area contributed by atoms with E-state index in [-0.39, 0.29) is 11.7 Å². The van der Waals surface area contributed by atoms with E-state index in [1.165, 1.54) is 57.1 Å². The normalized spacial score (nSPS) is 18.1. The number of hydrogen-bond acceptors (Lipinski definition) is 3. The number of aromatic nitrogens is 2. The van der Waals surface area contributed by atoms with Gasteiger partial charge in [-0.05, 0) is 55.4 Å². The number of carbonyl (C=O) groups excluding carboxylic acids is 1. The molecule has 1 aromatic heterocycles. The van der Waals surface area contributed by atoms with Gasteiger partial charge in [0.1, 0.15) is 5.82 Å². The fourth-order valence-electron chi connectivity index (χ4n) is 4.76. The van der Waals surface area contributed by atoms with E-state index in [1.54, 1.807) is 18.3 Å². The highest BCUT2D eigenvalue weighted by Crippen LogP contribution is 2.31. The van der Waals surface area contributed by atoms with E-state index in [9.17, 15) is 9.18 Å². The molecule has 29 heavy (non-hydrogen) atoms. The van der Waals surface area contributed by atoms with E-state index in [4.69, 9.17) is 4.98 Å². The van der Waals surface area contributed by atoms with Gasteiger partial charge in [0.15, 0.2) is 5.82 Å². The van der Waals surface area contributed by atoms with Crippen LogP contribution in [0.1, 0.15) is 69.9 Å². The van der Waals surface area contributed by atoms with Gasteiger partial charge in [-0.15, -0.1) is 0 Å². The molecule has 0 saturated heterocycles. The summed E-state index contributed by atoms with van der Waals surface area (Å²) in [7, 11) is 0. The third-order valence-corrected chi connectivity index (χ3v) is 6.40. The second-order valence-electron chi connectivity index (χ2n) is 8.67. The molecule has 1 heterocycles. The van der Waals surface area contributed by atoms with Gasteiger partial charge in [0.05, 0.1) is 17.6 Å². The SMILES string of the molecule is O=C(CC1CCCCC1)Nc1ncc(-c2ccc(F)cc2)nc1CC1CCCC1. The van der Waals surface area contributed by atoms with Crippen molar-refractivity contribution in [3.05, 3.63) is 42.0 Å². The van der Waals surface area contributed by atoms with E-state index >= 15 is 0 Å². The average molecular weight is 396 g/mol. The van der Waals surface area contributed by atoms with Crippen LogP contribution in [0.15, 0.2) is 30.5 Å². The molecule has 2 aliphatic carbocycles. The predicted molar refractivity (Wildman–Crippen MR) is 113 cm³/mol. The van der Waals surface area contributed by atoms with E-state index in [0.717, 1.165) is 36.2 Å². The maximum absolute atomic E-state index is 13.3. The molecular weight excluding hydrogens is 365 g/mol. The van der Waals surface area contributed by atoms with Gasteiger partial charge >= 0.3 is 0 Å². The molecule has 2 aliphatic rings. The minimum Gasteiger partial charge on any atom is -0.309 e. The topological polar surface area (TPSA) is 54.9 Å². The number of halogens is 1. The Bertz CT molecular complexity index is 825. The Morgan fingerprint density at radius 1 is 0.966 bits per heavy atom. The number of hydrogen-bond donors (Lipinski definition) is 1. The summed E-state index contributed by atoms with van der Waals surface area (Å²) < 4.78 is 13.3. The van der Waals surface area contributed by atoms with E-state index in [0.29, 0.717) is 24.1 Å². The minimum atomic E-state index is -0.264. The van der Waals surface area contributed by atoms with Crippen molar-refractivity contribution in [1.29, 1.82) is 0 Å². The van der Waals surface area contributed by atoms with Gasteiger partial charge in [0.2, 0.25) is 5.91 Å². The lowest BCUT2D eigenvalue weighted by molar-refractivity contribution is -0.117. The number of anilines is 1. The summed E-state index contributed by atoms with van der Waals surface area (Å²) in [5.74, 6) is 1.48. The predicted octanol–water partition coefficient (Wildman–Crippen LogP) is 5.92. The van der Waals surface area contributed by atoms with Crippen molar-refractivity contribution in [2.45, 2.75) is 70.6 Å². The van der Waals surface area contributed by atoms with Gasteiger partial charge in [-0.3, -0.25) is 4.79 Å². The van der Waals surface area contributed by atoms with Crippen LogP contribution in [0, 0.1) is 17.7 Å². The summed E-state index contributed by atoms with van der Waals surface area (Å²) in [6.07, 6.45) is 14.1. The van der Waals surface area contributed by atoms with Gasteiger partial charge in [0.25, 0.3) is 0 Å². The molecule has 1 aromatic carbocycles. The summed E-state index contributed by atoms with van der Waals surface area (Å²) >= 11 is 0. The maximum atomic E-state index is 13.3. The summed E-state index contributed by atoms with van der Waals surface area (Å²) in [5, 5.41) is 3.05. The van der Waals surface area contributed by atoms with Crippen LogP contribution in [0.2, 0.25) is 0 Å². The fraction of sp³-hybridized carbons (Fsp3) is 0.542. The maximum Gasteiger partial charge on any atom is 0.225 e. The van der Waals surface area contributed by atoms with Crippen LogP contribution in [-0.4, -0.2) is 15.9 Å². The second kappa shape index (κ2) is 9.47. The number of carbonyl (C=O) groups is 1. The van der Waals surface area contributed by atoms with Crippen LogP contribution in [0.25, 0.3) is 11.3 Å². The van der Waals surface area contributed by atoms with Gasteiger partial charge in [-0.2, -0.15) is 0 Å². The molecule has 2 fully saturated rings.